The predicted octanol–water partition coefficient (Wildman–Crippen LogP) is 2.31. The Hall–Kier alpha value is -0.450. The van der Waals surface area contributed by atoms with Gasteiger partial charge >= 0.3 is 0 Å². The molecule has 4 heteroatoms. The summed E-state index contributed by atoms with van der Waals surface area (Å²) in [6.45, 7) is 2.63. The van der Waals surface area contributed by atoms with Crippen LogP contribution in [0, 0.1) is 0 Å². The van der Waals surface area contributed by atoms with Crippen molar-refractivity contribution >= 4 is 11.3 Å². The summed E-state index contributed by atoms with van der Waals surface area (Å²) in [6.07, 6.45) is 4.38. The van der Waals surface area contributed by atoms with E-state index in [1.807, 2.05) is 5.38 Å². The number of rotatable bonds is 3. The van der Waals surface area contributed by atoms with Crippen molar-refractivity contribution in [3.05, 3.63) is 16.1 Å². The Morgan fingerprint density at radius 2 is 2.53 bits per heavy atom. The van der Waals surface area contributed by atoms with Crippen LogP contribution in [0.4, 0.5) is 0 Å². The van der Waals surface area contributed by atoms with Gasteiger partial charge in [-0.1, -0.05) is 0 Å². The molecule has 15 heavy (non-hydrogen) atoms. The SMILES string of the molecule is CC(O)c1csc(CC2CCCCO2)n1. The molecule has 2 atom stereocenters. The quantitative estimate of drug-likeness (QED) is 0.861. The average molecular weight is 227 g/mol. The van der Waals surface area contributed by atoms with Crippen LogP contribution in [0.5, 0.6) is 0 Å². The van der Waals surface area contributed by atoms with Gasteiger partial charge in [0.15, 0.2) is 0 Å². The van der Waals surface area contributed by atoms with Crippen molar-refractivity contribution in [1.82, 2.24) is 4.98 Å². The molecule has 0 aromatic carbocycles. The van der Waals surface area contributed by atoms with Crippen molar-refractivity contribution in [2.75, 3.05) is 6.61 Å². The highest BCUT2D eigenvalue weighted by atomic mass is 32.1. The summed E-state index contributed by atoms with van der Waals surface area (Å²) in [4.78, 5) is 4.39. The van der Waals surface area contributed by atoms with E-state index in [4.69, 9.17) is 4.74 Å². The second-order valence-electron chi connectivity index (χ2n) is 4.03. The first-order valence-corrected chi connectivity index (χ1v) is 6.37. The van der Waals surface area contributed by atoms with Gasteiger partial charge in [0.05, 0.1) is 22.9 Å². The van der Waals surface area contributed by atoms with E-state index in [-0.39, 0.29) is 0 Å². The Morgan fingerprint density at radius 1 is 1.67 bits per heavy atom. The van der Waals surface area contributed by atoms with Crippen LogP contribution in [0.3, 0.4) is 0 Å². The summed E-state index contributed by atoms with van der Waals surface area (Å²) in [6, 6.07) is 0. The van der Waals surface area contributed by atoms with Crippen LogP contribution in [0.1, 0.15) is 43.0 Å². The third-order valence-corrected chi connectivity index (χ3v) is 3.56. The molecule has 2 heterocycles. The Labute approximate surface area is 94.1 Å². The summed E-state index contributed by atoms with van der Waals surface area (Å²) >= 11 is 1.62. The molecule has 1 aliphatic rings. The van der Waals surface area contributed by atoms with E-state index >= 15 is 0 Å². The van der Waals surface area contributed by atoms with Gasteiger partial charge < -0.3 is 9.84 Å². The topological polar surface area (TPSA) is 42.4 Å². The van der Waals surface area contributed by atoms with Crippen molar-refractivity contribution in [3.63, 3.8) is 0 Å². The number of ether oxygens (including phenoxy) is 1. The Morgan fingerprint density at radius 3 is 3.13 bits per heavy atom. The summed E-state index contributed by atoms with van der Waals surface area (Å²) in [5.41, 5.74) is 0.783. The van der Waals surface area contributed by atoms with Gasteiger partial charge in [0.25, 0.3) is 0 Å². The van der Waals surface area contributed by atoms with Crippen LogP contribution < -0.4 is 0 Å². The number of aliphatic hydroxyl groups is 1. The first kappa shape index (κ1) is 11.0. The zero-order valence-electron chi connectivity index (χ0n) is 8.98. The number of thiazole rings is 1. The van der Waals surface area contributed by atoms with Gasteiger partial charge in [-0.2, -0.15) is 0 Å². The smallest absolute Gasteiger partial charge is 0.0955 e. The molecule has 1 N–H and O–H groups in total. The van der Waals surface area contributed by atoms with Gasteiger partial charge in [-0.25, -0.2) is 4.98 Å². The lowest BCUT2D eigenvalue weighted by molar-refractivity contribution is 0.0167. The molecular formula is C11H17NO2S. The minimum absolute atomic E-state index is 0.340. The molecule has 1 aromatic heterocycles. The molecule has 0 saturated carbocycles. The lowest BCUT2D eigenvalue weighted by Gasteiger charge is -2.21. The highest BCUT2D eigenvalue weighted by Crippen LogP contribution is 2.21. The highest BCUT2D eigenvalue weighted by molar-refractivity contribution is 7.09. The largest absolute Gasteiger partial charge is 0.387 e. The van der Waals surface area contributed by atoms with Crippen LogP contribution in [0.2, 0.25) is 0 Å². The predicted molar refractivity (Wildman–Crippen MR) is 60.0 cm³/mol. The van der Waals surface area contributed by atoms with E-state index in [9.17, 15) is 5.11 Å². The van der Waals surface area contributed by atoms with E-state index in [0.717, 1.165) is 30.2 Å². The van der Waals surface area contributed by atoms with Crippen molar-refractivity contribution in [1.29, 1.82) is 0 Å². The van der Waals surface area contributed by atoms with Crippen LogP contribution in [-0.4, -0.2) is 22.8 Å². The summed E-state index contributed by atoms with van der Waals surface area (Å²) in [5, 5.41) is 12.4. The molecule has 1 aromatic rings. The fourth-order valence-electron chi connectivity index (χ4n) is 1.77. The Bertz CT molecular complexity index is 305. The molecule has 2 unspecified atom stereocenters. The second-order valence-corrected chi connectivity index (χ2v) is 4.98. The molecule has 1 saturated heterocycles. The van der Waals surface area contributed by atoms with Crippen LogP contribution in [0.25, 0.3) is 0 Å². The zero-order chi connectivity index (χ0) is 10.7. The lowest BCUT2D eigenvalue weighted by atomic mass is 10.1. The summed E-state index contributed by atoms with van der Waals surface area (Å²) < 4.78 is 5.66. The molecule has 0 aliphatic carbocycles. The third kappa shape index (κ3) is 3.00. The minimum Gasteiger partial charge on any atom is -0.387 e. The molecule has 1 aliphatic heterocycles. The van der Waals surface area contributed by atoms with Gasteiger partial charge in [0, 0.05) is 18.4 Å². The molecule has 84 valence electrons. The lowest BCUT2D eigenvalue weighted by Crippen LogP contribution is -2.21. The van der Waals surface area contributed by atoms with Gasteiger partial charge in [-0.3, -0.25) is 0 Å². The minimum atomic E-state index is -0.456. The first-order chi connectivity index (χ1) is 7.25. The second kappa shape index (κ2) is 5.05. The number of hydrogen-bond acceptors (Lipinski definition) is 4. The van der Waals surface area contributed by atoms with E-state index in [2.05, 4.69) is 4.98 Å². The number of aliphatic hydroxyl groups excluding tert-OH is 1. The maximum Gasteiger partial charge on any atom is 0.0955 e. The van der Waals surface area contributed by atoms with Gasteiger partial charge in [-0.05, 0) is 26.2 Å². The Kier molecular flexibility index (Phi) is 3.72. The molecule has 0 bridgehead atoms. The molecule has 1 fully saturated rings. The Balaban J connectivity index is 1.91. The molecule has 0 amide bonds. The van der Waals surface area contributed by atoms with Crippen molar-refractivity contribution in [2.45, 2.75) is 44.8 Å². The average Bonchev–Trinajstić information content (AvgIpc) is 2.68. The monoisotopic (exact) mass is 227 g/mol. The van der Waals surface area contributed by atoms with E-state index in [1.165, 1.54) is 12.8 Å². The fraction of sp³-hybridized carbons (Fsp3) is 0.727. The molecule has 0 radical (unpaired) electrons. The number of aromatic nitrogens is 1. The third-order valence-electron chi connectivity index (χ3n) is 2.67. The van der Waals surface area contributed by atoms with E-state index in [1.54, 1.807) is 18.3 Å². The summed E-state index contributed by atoms with van der Waals surface area (Å²) in [7, 11) is 0. The normalized spacial score (nSPS) is 24.0. The van der Waals surface area contributed by atoms with E-state index < -0.39 is 6.10 Å². The van der Waals surface area contributed by atoms with Crippen molar-refractivity contribution in [2.24, 2.45) is 0 Å². The molecular weight excluding hydrogens is 210 g/mol. The van der Waals surface area contributed by atoms with Crippen molar-refractivity contribution < 1.29 is 9.84 Å². The maximum absolute atomic E-state index is 9.36. The molecule has 2 rings (SSSR count). The van der Waals surface area contributed by atoms with Crippen molar-refractivity contribution in [3.8, 4) is 0 Å². The number of nitrogens with zero attached hydrogens (tertiary/aromatic N) is 1. The highest BCUT2D eigenvalue weighted by Gasteiger charge is 2.16. The number of hydrogen-bond donors (Lipinski definition) is 1. The van der Waals surface area contributed by atoms with Crippen LogP contribution in [0.15, 0.2) is 5.38 Å². The zero-order valence-corrected chi connectivity index (χ0v) is 9.80. The van der Waals surface area contributed by atoms with Gasteiger partial charge in [-0.15, -0.1) is 11.3 Å². The van der Waals surface area contributed by atoms with Gasteiger partial charge in [0.1, 0.15) is 0 Å². The molecule has 0 spiro atoms. The molecule has 3 nitrogen and oxygen atoms in total. The standard InChI is InChI=1S/C11H17NO2S/c1-8(13)10-7-15-11(12-10)6-9-4-2-3-5-14-9/h7-9,13H,2-6H2,1H3. The first-order valence-electron chi connectivity index (χ1n) is 5.49. The van der Waals surface area contributed by atoms with Crippen LogP contribution >= 0.6 is 11.3 Å². The summed E-state index contributed by atoms with van der Waals surface area (Å²) in [5.74, 6) is 0. The maximum atomic E-state index is 9.36. The fourth-order valence-corrected chi connectivity index (χ4v) is 2.72. The van der Waals surface area contributed by atoms with E-state index in [0.29, 0.717) is 6.10 Å². The van der Waals surface area contributed by atoms with Crippen LogP contribution in [-0.2, 0) is 11.2 Å². The van der Waals surface area contributed by atoms with Gasteiger partial charge in [0.2, 0.25) is 0 Å².